The van der Waals surface area contributed by atoms with E-state index in [1.54, 1.807) is 6.20 Å². The standard InChI is InChI=1S/C26H35BrN6/c1-18(2)20-5-7-22(8-6-20)32-12-9-21(10-13-32)24-14-25(29-16-19-4-3-11-28-15-19)33-26(31-24)23(27)17-30-33/h3-4,11,14-15,17-18,20-22,29H,5-10,12-13,16H2,1-2H3. The van der Waals surface area contributed by atoms with Crippen LogP contribution < -0.4 is 5.32 Å². The lowest BCUT2D eigenvalue weighted by Gasteiger charge is -2.41. The number of halogens is 1. The van der Waals surface area contributed by atoms with Crippen molar-refractivity contribution in [3.63, 3.8) is 0 Å². The fraction of sp³-hybridized carbons (Fsp3) is 0.577. The van der Waals surface area contributed by atoms with E-state index in [0.717, 1.165) is 39.4 Å². The Morgan fingerprint density at radius 1 is 1.09 bits per heavy atom. The van der Waals surface area contributed by atoms with E-state index in [9.17, 15) is 0 Å². The van der Waals surface area contributed by atoms with Crippen LogP contribution in [0.3, 0.4) is 0 Å². The van der Waals surface area contributed by atoms with E-state index < -0.39 is 0 Å². The van der Waals surface area contributed by atoms with Crippen LogP contribution in [-0.4, -0.2) is 43.6 Å². The molecule has 0 radical (unpaired) electrons. The van der Waals surface area contributed by atoms with Gasteiger partial charge in [-0.15, -0.1) is 0 Å². The van der Waals surface area contributed by atoms with Gasteiger partial charge >= 0.3 is 0 Å². The number of pyridine rings is 1. The molecule has 3 aromatic heterocycles. The van der Waals surface area contributed by atoms with Crippen molar-refractivity contribution in [2.24, 2.45) is 11.8 Å². The van der Waals surface area contributed by atoms with Crippen LogP contribution in [0.25, 0.3) is 5.65 Å². The number of rotatable bonds is 6. The van der Waals surface area contributed by atoms with Crippen molar-refractivity contribution in [2.75, 3.05) is 18.4 Å². The summed E-state index contributed by atoms with van der Waals surface area (Å²) in [6, 6.07) is 7.05. The van der Waals surface area contributed by atoms with E-state index in [2.05, 4.69) is 62.2 Å². The van der Waals surface area contributed by atoms with E-state index in [-0.39, 0.29) is 0 Å². The molecule has 1 saturated heterocycles. The molecule has 7 heteroatoms. The van der Waals surface area contributed by atoms with Crippen LogP contribution in [0.2, 0.25) is 0 Å². The largest absolute Gasteiger partial charge is 0.366 e. The number of nitrogens with one attached hydrogen (secondary N) is 1. The van der Waals surface area contributed by atoms with Gasteiger partial charge in [-0.2, -0.15) is 9.61 Å². The lowest BCUT2D eigenvalue weighted by Crippen LogP contribution is -2.43. The third kappa shape index (κ3) is 5.09. The van der Waals surface area contributed by atoms with Gasteiger partial charge in [-0.25, -0.2) is 4.98 Å². The number of piperidine rings is 1. The molecule has 0 amide bonds. The number of anilines is 1. The maximum Gasteiger partial charge on any atom is 0.171 e. The molecule has 3 aromatic rings. The fourth-order valence-corrected chi connectivity index (χ4v) is 6.03. The minimum absolute atomic E-state index is 0.499. The Morgan fingerprint density at radius 3 is 2.58 bits per heavy atom. The van der Waals surface area contributed by atoms with Crippen molar-refractivity contribution < 1.29 is 0 Å². The molecule has 1 aliphatic heterocycles. The van der Waals surface area contributed by atoms with Crippen LogP contribution in [0.4, 0.5) is 5.82 Å². The summed E-state index contributed by atoms with van der Waals surface area (Å²) < 4.78 is 2.83. The summed E-state index contributed by atoms with van der Waals surface area (Å²) in [7, 11) is 0. The molecule has 0 unspecified atom stereocenters. The zero-order valence-corrected chi connectivity index (χ0v) is 21.3. The maximum absolute atomic E-state index is 5.02. The first-order valence-corrected chi connectivity index (χ1v) is 13.3. The normalized spacial score (nSPS) is 22.8. The molecule has 1 aliphatic carbocycles. The van der Waals surface area contributed by atoms with Gasteiger partial charge in [0.25, 0.3) is 0 Å². The van der Waals surface area contributed by atoms with Crippen molar-refractivity contribution in [3.8, 4) is 0 Å². The predicted molar refractivity (Wildman–Crippen MR) is 136 cm³/mol. The molecule has 33 heavy (non-hydrogen) atoms. The van der Waals surface area contributed by atoms with E-state index in [1.807, 2.05) is 23.0 Å². The highest BCUT2D eigenvalue weighted by Crippen LogP contribution is 2.36. The number of fused-ring (bicyclic) bond motifs is 1. The molecule has 0 spiro atoms. The monoisotopic (exact) mass is 510 g/mol. The van der Waals surface area contributed by atoms with Crippen LogP contribution in [0.5, 0.6) is 0 Å². The van der Waals surface area contributed by atoms with E-state index in [1.165, 1.54) is 57.3 Å². The van der Waals surface area contributed by atoms with Gasteiger partial charge < -0.3 is 10.2 Å². The average molecular weight is 512 g/mol. The van der Waals surface area contributed by atoms with Gasteiger partial charge in [-0.3, -0.25) is 4.98 Å². The summed E-state index contributed by atoms with van der Waals surface area (Å²) in [5.74, 6) is 3.25. The molecule has 0 bridgehead atoms. The Hall–Kier alpha value is -1.99. The van der Waals surface area contributed by atoms with E-state index in [4.69, 9.17) is 4.98 Å². The number of hydrogen-bond acceptors (Lipinski definition) is 5. The van der Waals surface area contributed by atoms with Crippen molar-refractivity contribution in [1.82, 2.24) is 24.5 Å². The molecule has 0 atom stereocenters. The molecule has 0 aromatic carbocycles. The van der Waals surface area contributed by atoms with E-state index in [0.29, 0.717) is 12.5 Å². The third-order valence-corrected chi connectivity index (χ3v) is 8.35. The Morgan fingerprint density at radius 2 is 1.88 bits per heavy atom. The Bertz CT molecular complexity index is 1050. The number of hydrogen-bond donors (Lipinski definition) is 1. The van der Waals surface area contributed by atoms with Crippen molar-refractivity contribution in [1.29, 1.82) is 0 Å². The smallest absolute Gasteiger partial charge is 0.171 e. The molecule has 1 N–H and O–H groups in total. The summed E-state index contributed by atoms with van der Waals surface area (Å²) in [5, 5.41) is 8.09. The van der Waals surface area contributed by atoms with Crippen LogP contribution >= 0.6 is 15.9 Å². The molecule has 176 valence electrons. The SMILES string of the molecule is CC(C)C1CCC(N2CCC(c3cc(NCc4cccnc4)n4ncc(Br)c4n3)CC2)CC1. The first-order valence-electron chi connectivity index (χ1n) is 12.5. The van der Waals surface area contributed by atoms with Crippen LogP contribution in [-0.2, 0) is 6.54 Å². The molecular formula is C26H35BrN6. The van der Waals surface area contributed by atoms with Crippen LogP contribution in [0, 0.1) is 11.8 Å². The maximum atomic E-state index is 5.02. The van der Waals surface area contributed by atoms with Gasteiger partial charge in [-0.1, -0.05) is 19.9 Å². The third-order valence-electron chi connectivity index (χ3n) is 7.79. The number of nitrogens with zero attached hydrogens (tertiary/aromatic N) is 5. The lowest BCUT2D eigenvalue weighted by atomic mass is 9.78. The molecule has 2 aliphatic rings. The van der Waals surface area contributed by atoms with Crippen molar-refractivity contribution in [2.45, 2.75) is 70.9 Å². The number of likely N-dealkylation sites (tertiary alicyclic amines) is 1. The minimum Gasteiger partial charge on any atom is -0.366 e. The summed E-state index contributed by atoms with van der Waals surface area (Å²) in [5.41, 5.74) is 3.21. The second-order valence-electron chi connectivity index (χ2n) is 10.1. The summed E-state index contributed by atoms with van der Waals surface area (Å²) in [4.78, 5) is 12.0. The molecule has 4 heterocycles. The first-order chi connectivity index (χ1) is 16.1. The van der Waals surface area contributed by atoms with Crippen LogP contribution in [0.1, 0.15) is 69.5 Å². The van der Waals surface area contributed by atoms with Gasteiger partial charge in [0, 0.05) is 42.7 Å². The predicted octanol–water partition coefficient (Wildman–Crippen LogP) is 5.89. The highest BCUT2D eigenvalue weighted by atomic mass is 79.9. The lowest BCUT2D eigenvalue weighted by molar-refractivity contribution is 0.0977. The second kappa shape index (κ2) is 10.1. The summed E-state index contributed by atoms with van der Waals surface area (Å²) in [6.45, 7) is 7.86. The van der Waals surface area contributed by atoms with Crippen LogP contribution in [0.15, 0.2) is 41.3 Å². The Kier molecular flexibility index (Phi) is 6.97. The zero-order valence-electron chi connectivity index (χ0n) is 19.8. The number of aromatic nitrogens is 4. The van der Waals surface area contributed by atoms with Gasteiger partial charge in [0.1, 0.15) is 5.82 Å². The summed E-state index contributed by atoms with van der Waals surface area (Å²) >= 11 is 3.64. The highest BCUT2D eigenvalue weighted by molar-refractivity contribution is 9.10. The highest BCUT2D eigenvalue weighted by Gasteiger charge is 2.31. The van der Waals surface area contributed by atoms with Gasteiger partial charge in [0.2, 0.25) is 0 Å². The fourth-order valence-electron chi connectivity index (χ4n) is 5.68. The van der Waals surface area contributed by atoms with Gasteiger partial charge in [-0.05, 0) is 91.0 Å². The van der Waals surface area contributed by atoms with Crippen molar-refractivity contribution in [3.05, 3.63) is 52.5 Å². The Labute approximate surface area is 205 Å². The first kappa shape index (κ1) is 22.8. The van der Waals surface area contributed by atoms with Crippen molar-refractivity contribution >= 4 is 27.4 Å². The average Bonchev–Trinajstić information content (AvgIpc) is 3.24. The molecule has 5 rings (SSSR count). The zero-order chi connectivity index (χ0) is 22.8. The quantitative estimate of drug-likeness (QED) is 0.447. The topological polar surface area (TPSA) is 58.4 Å². The molecule has 1 saturated carbocycles. The minimum atomic E-state index is 0.499. The van der Waals surface area contributed by atoms with Gasteiger partial charge in [0.15, 0.2) is 5.65 Å². The summed E-state index contributed by atoms with van der Waals surface area (Å²) in [6.07, 6.45) is 13.5. The Balaban J connectivity index is 1.27. The molecular weight excluding hydrogens is 476 g/mol. The molecule has 6 nitrogen and oxygen atoms in total. The molecule has 2 fully saturated rings. The van der Waals surface area contributed by atoms with Gasteiger partial charge in [0.05, 0.1) is 10.7 Å². The van der Waals surface area contributed by atoms with E-state index >= 15 is 0 Å². The second-order valence-corrected chi connectivity index (χ2v) is 11.0.